The van der Waals surface area contributed by atoms with E-state index in [4.69, 9.17) is 20.8 Å². The average molecular weight is 344 g/mol. The highest BCUT2D eigenvalue weighted by molar-refractivity contribution is 6.32. The van der Waals surface area contributed by atoms with Gasteiger partial charge in [0.05, 0.1) is 17.8 Å². The largest absolute Gasteiger partial charge is 0.495 e. The first kappa shape index (κ1) is 16.4. The van der Waals surface area contributed by atoms with E-state index in [2.05, 4.69) is 5.32 Å². The molecule has 0 fully saturated rings. The normalized spacial score (nSPS) is 11.0. The van der Waals surface area contributed by atoms with Crippen LogP contribution in [0, 0.1) is 0 Å². The van der Waals surface area contributed by atoms with Crippen molar-refractivity contribution in [3.63, 3.8) is 0 Å². The lowest BCUT2D eigenvalue weighted by atomic mass is 10.1. The number of ketones is 1. The number of carbonyl (C=O) groups excluding carboxylic acids is 1. The number of hydrogen-bond acceptors (Lipinski definition) is 4. The predicted molar refractivity (Wildman–Crippen MR) is 96.4 cm³/mol. The molecule has 5 heteroatoms. The Morgan fingerprint density at radius 2 is 1.96 bits per heavy atom. The second kappa shape index (κ2) is 6.57. The van der Waals surface area contributed by atoms with Crippen molar-refractivity contribution in [1.29, 1.82) is 0 Å². The van der Waals surface area contributed by atoms with Gasteiger partial charge in [-0.3, -0.25) is 4.79 Å². The molecule has 3 rings (SSSR count). The van der Waals surface area contributed by atoms with Gasteiger partial charge in [-0.2, -0.15) is 0 Å². The van der Waals surface area contributed by atoms with Crippen LogP contribution in [-0.4, -0.2) is 18.9 Å². The lowest BCUT2D eigenvalue weighted by Crippen LogP contribution is -2.12. The first-order chi connectivity index (χ1) is 11.5. The Balaban J connectivity index is 2.10. The van der Waals surface area contributed by atoms with Crippen LogP contribution < -0.4 is 10.1 Å². The fourth-order valence-electron chi connectivity index (χ4n) is 2.58. The van der Waals surface area contributed by atoms with Gasteiger partial charge in [0.2, 0.25) is 5.78 Å². The summed E-state index contributed by atoms with van der Waals surface area (Å²) in [5.74, 6) is 0.586. The van der Waals surface area contributed by atoms with Crippen molar-refractivity contribution in [1.82, 2.24) is 0 Å². The number of hydrogen-bond donors (Lipinski definition) is 1. The highest BCUT2D eigenvalue weighted by Gasteiger charge is 2.23. The molecule has 1 N–H and O–H groups in total. The predicted octanol–water partition coefficient (Wildman–Crippen LogP) is 5.15. The van der Waals surface area contributed by atoms with Gasteiger partial charge in [0, 0.05) is 17.0 Å². The summed E-state index contributed by atoms with van der Waals surface area (Å²) in [4.78, 5) is 12.9. The van der Waals surface area contributed by atoms with Gasteiger partial charge in [-0.25, -0.2) is 0 Å². The van der Waals surface area contributed by atoms with Crippen LogP contribution in [0.1, 0.15) is 30.0 Å². The summed E-state index contributed by atoms with van der Waals surface area (Å²) in [5.41, 5.74) is 1.83. The summed E-state index contributed by atoms with van der Waals surface area (Å²) in [6, 6.07) is 12.7. The number of fused-ring (bicyclic) bond motifs is 1. The van der Waals surface area contributed by atoms with Crippen LogP contribution in [0.4, 0.5) is 5.69 Å². The van der Waals surface area contributed by atoms with Crippen molar-refractivity contribution in [3.05, 3.63) is 58.8 Å². The van der Waals surface area contributed by atoms with E-state index < -0.39 is 0 Å². The molecule has 0 radical (unpaired) electrons. The lowest BCUT2D eigenvalue weighted by molar-refractivity contribution is 0.101. The molecule has 0 aliphatic heterocycles. The Morgan fingerprint density at radius 1 is 1.21 bits per heavy atom. The third kappa shape index (κ3) is 2.97. The van der Waals surface area contributed by atoms with Crippen molar-refractivity contribution in [2.75, 3.05) is 12.4 Å². The van der Waals surface area contributed by atoms with Crippen molar-refractivity contribution >= 4 is 34.0 Å². The second-order valence-corrected chi connectivity index (χ2v) is 6.19. The zero-order valence-electron chi connectivity index (χ0n) is 13.7. The topological polar surface area (TPSA) is 51.5 Å². The zero-order valence-corrected chi connectivity index (χ0v) is 14.5. The lowest BCUT2D eigenvalue weighted by Gasteiger charge is -2.10. The van der Waals surface area contributed by atoms with Crippen LogP contribution in [0.3, 0.4) is 0 Å². The van der Waals surface area contributed by atoms with Crippen molar-refractivity contribution in [2.24, 2.45) is 0 Å². The zero-order chi connectivity index (χ0) is 17.3. The second-order valence-electron chi connectivity index (χ2n) is 5.78. The minimum atomic E-state index is -0.223. The van der Waals surface area contributed by atoms with Crippen LogP contribution in [-0.2, 0) is 0 Å². The third-order valence-corrected chi connectivity index (χ3v) is 3.94. The molecule has 0 bridgehead atoms. The van der Waals surface area contributed by atoms with Crippen LogP contribution in [0.5, 0.6) is 5.75 Å². The van der Waals surface area contributed by atoms with Crippen LogP contribution in [0.25, 0.3) is 11.0 Å². The Morgan fingerprint density at radius 3 is 2.62 bits per heavy atom. The fraction of sp³-hybridized carbons (Fsp3) is 0.211. The minimum Gasteiger partial charge on any atom is -0.495 e. The number of methoxy groups -OCH3 is 1. The summed E-state index contributed by atoms with van der Waals surface area (Å²) in [7, 11) is 1.53. The number of carbonyl (C=O) groups is 1. The minimum absolute atomic E-state index is 0.164. The Kier molecular flexibility index (Phi) is 4.49. The summed E-state index contributed by atoms with van der Waals surface area (Å²) in [5, 5.41) is 4.58. The quantitative estimate of drug-likeness (QED) is 0.651. The van der Waals surface area contributed by atoms with Gasteiger partial charge >= 0.3 is 0 Å². The summed E-state index contributed by atoms with van der Waals surface area (Å²) < 4.78 is 11.0. The first-order valence-electron chi connectivity index (χ1n) is 7.67. The molecule has 0 spiro atoms. The molecular weight excluding hydrogens is 326 g/mol. The van der Waals surface area contributed by atoms with Crippen LogP contribution >= 0.6 is 11.6 Å². The standard InChI is InChI=1S/C19H18ClNO3/c1-11(2)21-17-13-6-4-5-7-15(13)24-19(17)18(22)12-8-9-16(23-3)14(20)10-12/h4-11,21H,1-3H3. The van der Waals surface area contributed by atoms with Crippen molar-refractivity contribution in [3.8, 4) is 5.75 Å². The van der Waals surface area contributed by atoms with Crippen molar-refractivity contribution < 1.29 is 13.9 Å². The van der Waals surface area contributed by atoms with Crippen molar-refractivity contribution in [2.45, 2.75) is 19.9 Å². The SMILES string of the molecule is COc1ccc(C(=O)c2oc3ccccc3c2NC(C)C)cc1Cl. The van der Waals surface area contributed by atoms with Crippen LogP contribution in [0.2, 0.25) is 5.02 Å². The van der Waals surface area contributed by atoms with E-state index in [-0.39, 0.29) is 17.6 Å². The summed E-state index contributed by atoms with van der Waals surface area (Å²) in [6.07, 6.45) is 0. The maximum absolute atomic E-state index is 12.9. The Bertz CT molecular complexity index is 899. The van der Waals surface area contributed by atoms with Gasteiger partial charge in [0.15, 0.2) is 5.76 Å². The van der Waals surface area contributed by atoms with Crippen LogP contribution in [0.15, 0.2) is 46.9 Å². The highest BCUT2D eigenvalue weighted by Crippen LogP contribution is 2.34. The van der Waals surface area contributed by atoms with Gasteiger partial charge in [-0.05, 0) is 44.2 Å². The molecule has 0 aliphatic rings. The fourth-order valence-corrected chi connectivity index (χ4v) is 2.83. The number of halogens is 1. The Labute approximate surface area is 145 Å². The van der Waals surface area contributed by atoms with Gasteiger partial charge in [0.25, 0.3) is 0 Å². The molecule has 0 saturated carbocycles. The van der Waals surface area contributed by atoms with E-state index in [1.807, 2.05) is 38.1 Å². The smallest absolute Gasteiger partial charge is 0.230 e. The maximum Gasteiger partial charge on any atom is 0.230 e. The molecule has 24 heavy (non-hydrogen) atoms. The number of ether oxygens (including phenoxy) is 1. The molecule has 3 aromatic rings. The molecule has 2 aromatic carbocycles. The highest BCUT2D eigenvalue weighted by atomic mass is 35.5. The maximum atomic E-state index is 12.9. The van der Waals surface area contributed by atoms with E-state index in [0.29, 0.717) is 27.6 Å². The van der Waals surface area contributed by atoms with Gasteiger partial charge in [0.1, 0.15) is 11.3 Å². The number of para-hydroxylation sites is 1. The van der Waals surface area contributed by atoms with E-state index in [0.717, 1.165) is 5.39 Å². The number of benzene rings is 2. The van der Waals surface area contributed by atoms with E-state index >= 15 is 0 Å². The Hall–Kier alpha value is -2.46. The number of anilines is 1. The molecular formula is C19H18ClNO3. The molecule has 0 aliphatic carbocycles. The first-order valence-corrected chi connectivity index (χ1v) is 8.05. The van der Waals surface area contributed by atoms with Gasteiger partial charge in [-0.15, -0.1) is 0 Å². The molecule has 4 nitrogen and oxygen atoms in total. The molecule has 0 saturated heterocycles. The number of rotatable bonds is 5. The van der Waals surface area contributed by atoms with E-state index in [9.17, 15) is 4.79 Å². The molecule has 124 valence electrons. The molecule has 0 atom stereocenters. The molecule has 1 aromatic heterocycles. The van der Waals surface area contributed by atoms with Gasteiger partial charge in [-0.1, -0.05) is 23.7 Å². The molecule has 0 unspecified atom stereocenters. The van der Waals surface area contributed by atoms with Gasteiger partial charge < -0.3 is 14.5 Å². The summed E-state index contributed by atoms with van der Waals surface area (Å²) in [6.45, 7) is 4.03. The summed E-state index contributed by atoms with van der Waals surface area (Å²) >= 11 is 6.14. The monoisotopic (exact) mass is 343 g/mol. The van der Waals surface area contributed by atoms with E-state index in [1.54, 1.807) is 18.2 Å². The number of nitrogens with one attached hydrogen (secondary N) is 1. The van der Waals surface area contributed by atoms with E-state index in [1.165, 1.54) is 7.11 Å². The molecule has 1 heterocycles. The average Bonchev–Trinajstić information content (AvgIpc) is 2.92. The molecule has 0 amide bonds. The third-order valence-electron chi connectivity index (χ3n) is 3.65. The number of furan rings is 1.